The first-order valence-electron chi connectivity index (χ1n) is 18.3. The lowest BCUT2D eigenvalue weighted by atomic mass is 9.77. The fourth-order valence-corrected chi connectivity index (χ4v) is 10.9. The number of hydrogen-bond donors (Lipinski definition) is 0. The molecule has 3 heteroatoms. The van der Waals surface area contributed by atoms with Crippen molar-refractivity contribution in [2.75, 3.05) is 0 Å². The fourth-order valence-electron chi connectivity index (χ4n) is 9.21. The van der Waals surface area contributed by atoms with Gasteiger partial charge in [0.05, 0.1) is 14.5 Å². The van der Waals surface area contributed by atoms with Crippen molar-refractivity contribution in [2.24, 2.45) is 5.92 Å². The molecule has 0 spiro atoms. The SMILES string of the molecule is C=C1CC2C(CCc3ccccc3-c3cc(CC4CCCC4)c([Si](C)(C)C)c[n+]31)c1ccccc1-c1cc(-c3ccccc3)c(C)c[n+]12. The van der Waals surface area contributed by atoms with Gasteiger partial charge in [-0.25, -0.2) is 0 Å². The Bertz CT molecular complexity index is 2010. The Hall–Kier alpha value is -4.08. The van der Waals surface area contributed by atoms with Gasteiger partial charge in [-0.3, -0.25) is 0 Å². The smallest absolute Gasteiger partial charge is 0.194 e. The first kappa shape index (κ1) is 31.2. The van der Waals surface area contributed by atoms with Gasteiger partial charge in [-0.1, -0.05) is 112 Å². The average Bonchev–Trinajstić information content (AvgIpc) is 3.60. The van der Waals surface area contributed by atoms with Crippen LogP contribution in [0.4, 0.5) is 0 Å². The lowest BCUT2D eigenvalue weighted by molar-refractivity contribution is -0.720. The summed E-state index contributed by atoms with van der Waals surface area (Å²) in [5.41, 5.74) is 15.1. The molecule has 2 atom stereocenters. The Morgan fingerprint density at radius 3 is 2.23 bits per heavy atom. The summed E-state index contributed by atoms with van der Waals surface area (Å²) < 4.78 is 5.15. The quantitative estimate of drug-likeness (QED) is 0.136. The summed E-state index contributed by atoms with van der Waals surface area (Å²) in [5, 5.41) is 1.61. The van der Waals surface area contributed by atoms with Gasteiger partial charge < -0.3 is 0 Å². The predicted molar refractivity (Wildman–Crippen MR) is 203 cm³/mol. The number of aryl methyl sites for hydroxylation is 2. The highest BCUT2D eigenvalue weighted by Gasteiger charge is 2.43. The van der Waals surface area contributed by atoms with E-state index in [1.807, 2.05) is 0 Å². The minimum Gasteiger partial charge on any atom is -0.194 e. The second-order valence-corrected chi connectivity index (χ2v) is 20.9. The van der Waals surface area contributed by atoms with E-state index in [-0.39, 0.29) is 6.04 Å². The Balaban J connectivity index is 1.31. The van der Waals surface area contributed by atoms with Crippen LogP contribution in [-0.4, -0.2) is 8.07 Å². The molecule has 3 aliphatic rings. The van der Waals surface area contributed by atoms with Gasteiger partial charge in [-0.05, 0) is 78.6 Å². The van der Waals surface area contributed by atoms with Crippen LogP contribution in [0, 0.1) is 12.8 Å². The van der Waals surface area contributed by atoms with E-state index in [0.717, 1.165) is 25.2 Å². The third-order valence-corrected chi connectivity index (χ3v) is 13.7. The van der Waals surface area contributed by atoms with Gasteiger partial charge in [0.15, 0.2) is 24.1 Å². The topological polar surface area (TPSA) is 7.76 Å². The number of benzene rings is 3. The van der Waals surface area contributed by atoms with Crippen LogP contribution in [0.25, 0.3) is 39.3 Å². The van der Waals surface area contributed by atoms with E-state index in [4.69, 9.17) is 6.58 Å². The van der Waals surface area contributed by atoms with Crippen LogP contribution < -0.4 is 14.3 Å². The van der Waals surface area contributed by atoms with Gasteiger partial charge in [-0.15, -0.1) is 0 Å². The zero-order chi connectivity index (χ0) is 33.0. The molecular formula is C45H50N2Si+2. The first-order valence-corrected chi connectivity index (χ1v) is 21.8. The van der Waals surface area contributed by atoms with Gasteiger partial charge in [0, 0.05) is 39.9 Å². The molecular weight excluding hydrogens is 597 g/mol. The van der Waals surface area contributed by atoms with Crippen molar-refractivity contribution in [3.05, 3.63) is 132 Å². The number of allylic oxidation sites excluding steroid dienone is 1. The molecule has 0 amide bonds. The van der Waals surface area contributed by atoms with Crippen LogP contribution in [0.2, 0.25) is 19.6 Å². The van der Waals surface area contributed by atoms with Crippen molar-refractivity contribution in [2.45, 2.75) is 89.9 Å². The van der Waals surface area contributed by atoms with E-state index >= 15 is 0 Å². The molecule has 1 fully saturated rings. The predicted octanol–water partition coefficient (Wildman–Crippen LogP) is 9.99. The largest absolute Gasteiger partial charge is 0.218 e. The molecule has 2 unspecified atom stereocenters. The summed E-state index contributed by atoms with van der Waals surface area (Å²) in [7, 11) is -1.63. The molecule has 5 aromatic rings. The van der Waals surface area contributed by atoms with Gasteiger partial charge in [-0.2, -0.15) is 9.13 Å². The molecule has 0 radical (unpaired) electrons. The normalized spacial score (nSPS) is 19.1. The van der Waals surface area contributed by atoms with E-state index in [9.17, 15) is 0 Å². The zero-order valence-corrected chi connectivity index (χ0v) is 30.3. The molecule has 3 aromatic carbocycles. The molecule has 0 bridgehead atoms. The summed E-state index contributed by atoms with van der Waals surface area (Å²) in [6.45, 7) is 14.8. The summed E-state index contributed by atoms with van der Waals surface area (Å²) in [6, 6.07) is 34.7. The van der Waals surface area contributed by atoms with Gasteiger partial charge in [0.2, 0.25) is 11.4 Å². The second-order valence-electron chi connectivity index (χ2n) is 15.8. The monoisotopic (exact) mass is 646 g/mol. The van der Waals surface area contributed by atoms with Crippen molar-refractivity contribution >= 4 is 19.0 Å². The van der Waals surface area contributed by atoms with Gasteiger partial charge in [0.25, 0.3) is 0 Å². The van der Waals surface area contributed by atoms with E-state index in [1.54, 1.807) is 10.8 Å². The average molecular weight is 647 g/mol. The zero-order valence-electron chi connectivity index (χ0n) is 29.3. The molecule has 4 heterocycles. The van der Waals surface area contributed by atoms with E-state index in [0.29, 0.717) is 5.92 Å². The van der Waals surface area contributed by atoms with Crippen LogP contribution in [0.3, 0.4) is 0 Å². The third kappa shape index (κ3) is 5.60. The Morgan fingerprint density at radius 2 is 1.46 bits per heavy atom. The van der Waals surface area contributed by atoms with Crippen LogP contribution in [0.1, 0.15) is 72.7 Å². The number of fused-ring (bicyclic) bond motifs is 9. The highest BCUT2D eigenvalue weighted by Crippen LogP contribution is 2.45. The van der Waals surface area contributed by atoms with E-state index in [1.165, 1.54) is 88.1 Å². The maximum absolute atomic E-state index is 4.93. The Morgan fingerprint density at radius 1 is 0.750 bits per heavy atom. The van der Waals surface area contributed by atoms with E-state index < -0.39 is 8.07 Å². The van der Waals surface area contributed by atoms with Crippen molar-refractivity contribution in [1.82, 2.24) is 0 Å². The first-order chi connectivity index (χ1) is 23.3. The van der Waals surface area contributed by atoms with Gasteiger partial charge >= 0.3 is 0 Å². The minimum absolute atomic E-state index is 0.282. The Labute approximate surface area is 288 Å². The Kier molecular flexibility index (Phi) is 8.07. The minimum atomic E-state index is -1.63. The molecule has 0 N–H and O–H groups in total. The third-order valence-electron chi connectivity index (χ3n) is 11.6. The molecule has 2 nitrogen and oxygen atoms in total. The molecule has 2 aliphatic heterocycles. The highest BCUT2D eigenvalue weighted by molar-refractivity contribution is 6.89. The number of aromatic nitrogens is 2. The molecule has 2 aromatic heterocycles. The lowest BCUT2D eigenvalue weighted by Crippen LogP contribution is -2.52. The molecule has 48 heavy (non-hydrogen) atoms. The standard InChI is InChI=1S/C45H50N2Si/c1-31-29-47-42-25-32(2)46-30-45(48(3,4)5)36(26-33-15-9-10-16-33)27-43(46)37-20-12-11-19-35(37)23-24-40(42)38-21-13-14-22-39(38)44(47)28-41(31)34-17-7-6-8-18-34/h6-8,11-14,17-22,27-30,33,40,42H,2,9-10,15-16,23-26H2,1,3-5H3/q+2. The molecule has 0 saturated heterocycles. The van der Waals surface area contributed by atoms with Crippen LogP contribution >= 0.6 is 0 Å². The summed E-state index contributed by atoms with van der Waals surface area (Å²) >= 11 is 0. The maximum atomic E-state index is 4.93. The lowest BCUT2D eigenvalue weighted by Gasteiger charge is -2.32. The summed E-state index contributed by atoms with van der Waals surface area (Å²) in [4.78, 5) is 0. The van der Waals surface area contributed by atoms with Gasteiger partial charge in [0.1, 0.15) is 0 Å². The van der Waals surface area contributed by atoms with Crippen LogP contribution in [0.15, 0.2) is 110 Å². The number of rotatable bonds is 4. The highest BCUT2D eigenvalue weighted by atomic mass is 28.3. The molecule has 1 saturated carbocycles. The van der Waals surface area contributed by atoms with Crippen molar-refractivity contribution < 1.29 is 9.13 Å². The van der Waals surface area contributed by atoms with Crippen molar-refractivity contribution in [3.8, 4) is 33.6 Å². The fraction of sp³-hybridized carbons (Fsp3) is 0.333. The number of pyridine rings is 2. The second kappa shape index (κ2) is 12.4. The molecule has 1 aliphatic carbocycles. The van der Waals surface area contributed by atoms with Crippen LogP contribution in [-0.2, 0) is 12.8 Å². The maximum Gasteiger partial charge on any atom is 0.218 e. The molecule has 242 valence electrons. The number of hydrogen-bond acceptors (Lipinski definition) is 0. The summed E-state index contributed by atoms with van der Waals surface area (Å²) in [5.74, 6) is 1.21. The van der Waals surface area contributed by atoms with E-state index in [2.05, 4.69) is 139 Å². The van der Waals surface area contributed by atoms with Crippen molar-refractivity contribution in [3.63, 3.8) is 0 Å². The summed E-state index contributed by atoms with van der Waals surface area (Å²) in [6.07, 6.45) is 14.8. The number of nitrogens with zero attached hydrogens (tertiary/aromatic N) is 2. The van der Waals surface area contributed by atoms with Crippen LogP contribution in [0.5, 0.6) is 0 Å². The molecule has 8 rings (SSSR count). The van der Waals surface area contributed by atoms with Crippen molar-refractivity contribution in [1.29, 1.82) is 0 Å².